The number of aromatic nitrogens is 3. The normalized spacial score (nSPS) is 31.6. The third kappa shape index (κ3) is 3.94. The van der Waals surface area contributed by atoms with Crippen molar-refractivity contribution in [2.75, 3.05) is 13.1 Å². The fraction of sp³-hybridized carbons (Fsp3) is 0.621. The summed E-state index contributed by atoms with van der Waals surface area (Å²) >= 11 is 1.87. The van der Waals surface area contributed by atoms with Crippen LogP contribution in [0.1, 0.15) is 83.7 Å². The van der Waals surface area contributed by atoms with Crippen molar-refractivity contribution in [1.82, 2.24) is 19.7 Å². The lowest BCUT2D eigenvalue weighted by Crippen LogP contribution is -2.67. The van der Waals surface area contributed by atoms with Crippen LogP contribution in [-0.2, 0) is 25.4 Å². The van der Waals surface area contributed by atoms with E-state index in [1.54, 1.807) is 4.68 Å². The monoisotopic (exact) mass is 506 g/mol. The second kappa shape index (κ2) is 8.45. The molecule has 0 radical (unpaired) electrons. The molecule has 2 aromatic heterocycles. The summed E-state index contributed by atoms with van der Waals surface area (Å²) in [6, 6.07) is 5.88. The van der Waals surface area contributed by atoms with Crippen molar-refractivity contribution in [1.29, 1.82) is 0 Å². The molecule has 3 aromatic rings. The van der Waals surface area contributed by atoms with E-state index in [1.807, 2.05) is 42.8 Å². The average molecular weight is 507 g/mol. The lowest BCUT2D eigenvalue weighted by atomic mass is 9.42. The zero-order valence-corrected chi connectivity index (χ0v) is 22.0. The predicted molar refractivity (Wildman–Crippen MR) is 140 cm³/mol. The Bertz CT molecular complexity index is 1300. The average Bonchev–Trinajstić information content (AvgIpc) is 3.42. The van der Waals surface area contributed by atoms with E-state index >= 15 is 0 Å². The van der Waals surface area contributed by atoms with Crippen molar-refractivity contribution in [3.63, 3.8) is 0 Å². The summed E-state index contributed by atoms with van der Waals surface area (Å²) in [5, 5.41) is 6.65. The van der Waals surface area contributed by atoms with Crippen molar-refractivity contribution < 1.29 is 9.18 Å². The SMILES string of the molecule is Cn1cc2c(C(=O)CC3CCC(CCN4CCc5sc(C67CC(F)(C6)C7)nc5C4)CC3)cccc2n1. The topological polar surface area (TPSA) is 51.0 Å². The highest BCUT2D eigenvalue weighted by Crippen LogP contribution is 2.70. The van der Waals surface area contributed by atoms with E-state index in [4.69, 9.17) is 4.98 Å². The summed E-state index contributed by atoms with van der Waals surface area (Å²) < 4.78 is 15.8. The Labute approximate surface area is 216 Å². The molecule has 5 nitrogen and oxygen atoms in total. The number of hydrogen-bond acceptors (Lipinski definition) is 5. The van der Waals surface area contributed by atoms with Gasteiger partial charge < -0.3 is 0 Å². The molecule has 0 atom stereocenters. The molecule has 0 unspecified atom stereocenters. The van der Waals surface area contributed by atoms with Crippen LogP contribution in [0.25, 0.3) is 10.9 Å². The first kappa shape index (κ1) is 23.0. The Morgan fingerprint density at radius 3 is 2.72 bits per heavy atom. The maximum atomic E-state index is 14.0. The van der Waals surface area contributed by atoms with Gasteiger partial charge >= 0.3 is 0 Å². The fourth-order valence-corrected chi connectivity index (χ4v) is 8.67. The molecule has 8 rings (SSSR count). The minimum Gasteiger partial charge on any atom is -0.297 e. The van der Waals surface area contributed by atoms with Crippen LogP contribution in [0, 0.1) is 11.8 Å². The molecule has 1 aliphatic heterocycles. The summed E-state index contributed by atoms with van der Waals surface area (Å²) in [6.07, 6.45) is 11.9. The summed E-state index contributed by atoms with van der Waals surface area (Å²) in [7, 11) is 1.91. The third-order valence-electron chi connectivity index (χ3n) is 9.48. The standard InChI is InChI=1S/C29H35FN4OS/c1-33-14-22-21(3-2-4-23(22)32-33)25(35)13-20-7-5-19(6-8-20)9-11-34-12-10-26-24(15-34)31-27(36-26)28-16-29(30,17-28)18-28/h2-4,14,19-20H,5-13,15-18H2,1H3. The van der Waals surface area contributed by atoms with Crippen LogP contribution in [-0.4, -0.2) is 44.2 Å². The fourth-order valence-electron chi connectivity index (χ4n) is 7.43. The lowest BCUT2D eigenvalue weighted by molar-refractivity contribution is -0.158. The lowest BCUT2D eigenvalue weighted by Gasteiger charge is -2.64. The zero-order valence-electron chi connectivity index (χ0n) is 21.1. The molecule has 4 fully saturated rings. The van der Waals surface area contributed by atoms with Crippen molar-refractivity contribution >= 4 is 28.0 Å². The molecule has 4 saturated carbocycles. The highest BCUT2D eigenvalue weighted by molar-refractivity contribution is 7.12. The van der Waals surface area contributed by atoms with Crippen molar-refractivity contribution in [3.8, 4) is 0 Å². The van der Waals surface area contributed by atoms with Gasteiger partial charge in [0.15, 0.2) is 5.78 Å². The Hall–Kier alpha value is -2.12. The van der Waals surface area contributed by atoms with E-state index in [0.717, 1.165) is 61.3 Å². The minimum absolute atomic E-state index is 0.103. The number of ketones is 1. The number of alkyl halides is 1. The van der Waals surface area contributed by atoms with Crippen LogP contribution in [0.4, 0.5) is 4.39 Å². The second-order valence-corrected chi connectivity index (χ2v) is 13.3. The number of aryl methyl sites for hydroxylation is 1. The van der Waals surface area contributed by atoms with Gasteiger partial charge in [-0.2, -0.15) is 5.10 Å². The van der Waals surface area contributed by atoms with Gasteiger partial charge in [0.05, 0.1) is 16.2 Å². The van der Waals surface area contributed by atoms with Crippen LogP contribution >= 0.6 is 11.3 Å². The number of carbonyl (C=O) groups is 1. The molecule has 0 N–H and O–H groups in total. The Morgan fingerprint density at radius 1 is 1.17 bits per heavy atom. The van der Waals surface area contributed by atoms with Crippen molar-refractivity contribution in [3.05, 3.63) is 45.5 Å². The molecule has 0 spiro atoms. The molecule has 1 aromatic carbocycles. The van der Waals surface area contributed by atoms with Gasteiger partial charge in [0.2, 0.25) is 0 Å². The van der Waals surface area contributed by atoms with Gasteiger partial charge in [-0.15, -0.1) is 11.3 Å². The molecule has 4 aliphatic carbocycles. The van der Waals surface area contributed by atoms with E-state index in [2.05, 4.69) is 10.00 Å². The summed E-state index contributed by atoms with van der Waals surface area (Å²) in [5.41, 5.74) is 2.25. The summed E-state index contributed by atoms with van der Waals surface area (Å²) in [6.45, 7) is 3.23. The van der Waals surface area contributed by atoms with Crippen LogP contribution in [0.5, 0.6) is 0 Å². The van der Waals surface area contributed by atoms with Crippen LogP contribution in [0.2, 0.25) is 0 Å². The van der Waals surface area contributed by atoms with Gasteiger partial charge in [-0.1, -0.05) is 25.0 Å². The Balaban J connectivity index is 0.886. The molecular weight excluding hydrogens is 471 g/mol. The van der Waals surface area contributed by atoms with Gasteiger partial charge in [-0.05, 0) is 69.4 Å². The molecule has 0 saturated heterocycles. The van der Waals surface area contributed by atoms with Gasteiger partial charge in [0, 0.05) is 54.0 Å². The van der Waals surface area contributed by atoms with E-state index < -0.39 is 5.67 Å². The Kier molecular flexibility index (Phi) is 5.41. The Morgan fingerprint density at radius 2 is 1.94 bits per heavy atom. The molecule has 7 heteroatoms. The zero-order chi connectivity index (χ0) is 24.5. The number of nitrogens with zero attached hydrogens (tertiary/aromatic N) is 4. The van der Waals surface area contributed by atoms with Crippen LogP contribution in [0.15, 0.2) is 24.4 Å². The highest BCUT2D eigenvalue weighted by atomic mass is 32.1. The number of carbonyl (C=O) groups excluding carboxylic acids is 1. The first-order valence-electron chi connectivity index (χ1n) is 13.7. The van der Waals surface area contributed by atoms with Crippen molar-refractivity contribution in [2.45, 2.75) is 81.8 Å². The van der Waals surface area contributed by atoms with Crippen LogP contribution < -0.4 is 0 Å². The number of thiazole rings is 1. The molecule has 3 heterocycles. The molecule has 5 aliphatic rings. The number of fused-ring (bicyclic) bond motifs is 2. The minimum atomic E-state index is -0.849. The third-order valence-corrected chi connectivity index (χ3v) is 10.9. The summed E-state index contributed by atoms with van der Waals surface area (Å²) in [4.78, 5) is 22.1. The molecular formula is C29H35FN4OS. The van der Waals surface area contributed by atoms with E-state index in [0.29, 0.717) is 31.6 Å². The molecule has 2 bridgehead atoms. The number of Topliss-reactive ketones (excluding diaryl/α,β-unsaturated/α-hetero) is 1. The van der Waals surface area contributed by atoms with E-state index in [1.165, 1.54) is 34.8 Å². The predicted octanol–water partition coefficient (Wildman–Crippen LogP) is 6.00. The molecule has 36 heavy (non-hydrogen) atoms. The van der Waals surface area contributed by atoms with Gasteiger partial charge in [-0.3, -0.25) is 14.4 Å². The maximum absolute atomic E-state index is 14.0. The van der Waals surface area contributed by atoms with E-state index in [9.17, 15) is 9.18 Å². The number of hydrogen-bond donors (Lipinski definition) is 0. The first-order valence-corrected chi connectivity index (χ1v) is 14.6. The van der Waals surface area contributed by atoms with Crippen LogP contribution in [0.3, 0.4) is 0 Å². The number of halogens is 1. The van der Waals surface area contributed by atoms with E-state index in [-0.39, 0.29) is 11.2 Å². The van der Waals surface area contributed by atoms with Gasteiger partial charge in [0.1, 0.15) is 5.67 Å². The smallest absolute Gasteiger partial charge is 0.163 e. The quantitative estimate of drug-likeness (QED) is 0.369. The van der Waals surface area contributed by atoms with Gasteiger partial charge in [-0.25, -0.2) is 9.37 Å². The highest BCUT2D eigenvalue weighted by Gasteiger charge is 2.71. The first-order chi connectivity index (χ1) is 17.4. The summed E-state index contributed by atoms with van der Waals surface area (Å²) in [5.74, 6) is 1.54. The molecule has 190 valence electrons. The largest absolute Gasteiger partial charge is 0.297 e. The number of benzene rings is 1. The molecule has 0 amide bonds. The second-order valence-electron chi connectivity index (χ2n) is 12.2. The van der Waals surface area contributed by atoms with Gasteiger partial charge in [0.25, 0.3) is 0 Å². The number of rotatable bonds is 7. The van der Waals surface area contributed by atoms with Crippen molar-refractivity contribution in [2.24, 2.45) is 18.9 Å². The maximum Gasteiger partial charge on any atom is 0.163 e.